The number of rotatable bonds is 2. The maximum absolute atomic E-state index is 12.4. The Morgan fingerprint density at radius 2 is 1.83 bits per heavy atom. The number of hydrogen-bond donors (Lipinski definition) is 1. The molecule has 0 radical (unpaired) electrons. The van der Waals surface area contributed by atoms with Gasteiger partial charge in [-0.25, -0.2) is 4.79 Å². The summed E-state index contributed by atoms with van der Waals surface area (Å²) >= 11 is 1.34. The van der Waals surface area contributed by atoms with Gasteiger partial charge in [-0.05, 0) is 40.3 Å². The lowest BCUT2D eigenvalue weighted by Crippen LogP contribution is -2.38. The van der Waals surface area contributed by atoms with Crippen molar-refractivity contribution >= 4 is 32.3 Å². The van der Waals surface area contributed by atoms with Crippen LogP contribution in [0.4, 0.5) is 0 Å². The van der Waals surface area contributed by atoms with Crippen molar-refractivity contribution < 1.29 is 5.21 Å². The Kier molecular flexibility index (Phi) is 3.28. The van der Waals surface area contributed by atoms with Crippen LogP contribution in [0.3, 0.4) is 0 Å². The monoisotopic (exact) mass is 338 g/mol. The molecule has 120 valence electrons. The van der Waals surface area contributed by atoms with Gasteiger partial charge < -0.3 is 5.21 Å². The lowest BCUT2D eigenvalue weighted by molar-refractivity contribution is 0.158. The van der Waals surface area contributed by atoms with Crippen molar-refractivity contribution in [1.82, 2.24) is 9.30 Å². The molecule has 4 aromatic rings. The molecule has 0 bridgehead atoms. The van der Waals surface area contributed by atoms with Crippen molar-refractivity contribution in [3.63, 3.8) is 0 Å². The highest BCUT2D eigenvalue weighted by Crippen LogP contribution is 2.22. The zero-order valence-electron chi connectivity index (χ0n) is 12.9. The van der Waals surface area contributed by atoms with E-state index >= 15 is 0 Å². The molecular formula is C18H14N2O3S. The van der Waals surface area contributed by atoms with E-state index in [-0.39, 0.29) is 4.73 Å². The molecule has 0 aliphatic heterocycles. The number of thiophene rings is 1. The second-order valence-electron chi connectivity index (χ2n) is 5.77. The Hall–Kier alpha value is -2.86. The first-order valence-electron chi connectivity index (χ1n) is 7.47. The molecule has 0 aliphatic rings. The van der Waals surface area contributed by atoms with Crippen LogP contribution in [-0.4, -0.2) is 14.5 Å². The number of aromatic nitrogens is 2. The highest BCUT2D eigenvalue weighted by molar-refractivity contribution is 7.17. The summed E-state index contributed by atoms with van der Waals surface area (Å²) in [4.78, 5) is 25.1. The van der Waals surface area contributed by atoms with Gasteiger partial charge in [-0.3, -0.25) is 9.36 Å². The van der Waals surface area contributed by atoms with Gasteiger partial charge in [0.25, 0.3) is 5.56 Å². The van der Waals surface area contributed by atoms with E-state index < -0.39 is 11.2 Å². The summed E-state index contributed by atoms with van der Waals surface area (Å²) in [5.74, 6) is 0. The lowest BCUT2D eigenvalue weighted by Gasteiger charge is -2.10. The van der Waals surface area contributed by atoms with Crippen molar-refractivity contribution in [3.8, 4) is 0 Å². The molecular weight excluding hydrogens is 324 g/mol. The highest BCUT2D eigenvalue weighted by atomic mass is 32.1. The fourth-order valence-electron chi connectivity index (χ4n) is 2.94. The number of fused-ring (bicyclic) bond motifs is 2. The van der Waals surface area contributed by atoms with E-state index in [2.05, 4.69) is 0 Å². The summed E-state index contributed by atoms with van der Waals surface area (Å²) < 4.78 is 1.64. The predicted molar refractivity (Wildman–Crippen MR) is 95.3 cm³/mol. The number of benzene rings is 2. The van der Waals surface area contributed by atoms with Crippen LogP contribution in [0.5, 0.6) is 0 Å². The Labute approximate surface area is 140 Å². The molecule has 0 amide bonds. The van der Waals surface area contributed by atoms with Crippen LogP contribution in [0.25, 0.3) is 21.0 Å². The Morgan fingerprint density at radius 1 is 1.08 bits per heavy atom. The summed E-state index contributed by atoms with van der Waals surface area (Å²) in [5, 5.41) is 14.3. The van der Waals surface area contributed by atoms with E-state index in [9.17, 15) is 14.8 Å². The van der Waals surface area contributed by atoms with E-state index in [1.165, 1.54) is 15.9 Å². The summed E-state index contributed by atoms with van der Waals surface area (Å²) in [5.41, 5.74) is 0.308. The van der Waals surface area contributed by atoms with Crippen molar-refractivity contribution in [2.75, 3.05) is 0 Å². The minimum absolute atomic E-state index is 0.198. The van der Waals surface area contributed by atoms with Crippen molar-refractivity contribution in [3.05, 3.63) is 79.8 Å². The molecule has 2 aromatic heterocycles. The largest absolute Gasteiger partial charge is 0.421 e. The average molecular weight is 338 g/mol. The first-order valence-corrected chi connectivity index (χ1v) is 8.35. The molecule has 0 spiro atoms. The maximum atomic E-state index is 12.4. The normalized spacial score (nSPS) is 11.4. The van der Waals surface area contributed by atoms with Crippen LogP contribution in [0.2, 0.25) is 0 Å². The maximum Gasteiger partial charge on any atom is 0.365 e. The van der Waals surface area contributed by atoms with Crippen LogP contribution < -0.4 is 11.2 Å². The molecule has 0 saturated carbocycles. The number of nitrogens with zero attached hydrogens (tertiary/aromatic N) is 2. The summed E-state index contributed by atoms with van der Waals surface area (Å²) in [6.07, 6.45) is 0. The van der Waals surface area contributed by atoms with Crippen LogP contribution >= 0.6 is 11.3 Å². The second-order valence-corrected chi connectivity index (χ2v) is 6.62. The molecule has 1 N–H and O–H groups in total. The molecule has 0 unspecified atom stereocenters. The first kappa shape index (κ1) is 14.7. The summed E-state index contributed by atoms with van der Waals surface area (Å²) in [6, 6.07) is 14.0. The van der Waals surface area contributed by atoms with Gasteiger partial charge in [0.2, 0.25) is 0 Å². The number of aryl methyl sites for hydroxylation is 1. The zero-order chi connectivity index (χ0) is 16.8. The molecule has 0 atom stereocenters. The van der Waals surface area contributed by atoms with Gasteiger partial charge in [0.1, 0.15) is 4.83 Å². The fourth-order valence-corrected chi connectivity index (χ4v) is 3.98. The number of hydrogen-bond acceptors (Lipinski definition) is 4. The molecule has 0 fully saturated rings. The zero-order valence-corrected chi connectivity index (χ0v) is 13.7. The third-order valence-corrected chi connectivity index (χ3v) is 5.29. The Balaban J connectivity index is 1.93. The van der Waals surface area contributed by atoms with E-state index in [0.717, 1.165) is 21.9 Å². The van der Waals surface area contributed by atoms with Gasteiger partial charge in [-0.1, -0.05) is 41.1 Å². The van der Waals surface area contributed by atoms with Gasteiger partial charge in [-0.15, -0.1) is 11.3 Å². The van der Waals surface area contributed by atoms with Gasteiger partial charge in [0, 0.05) is 0 Å². The van der Waals surface area contributed by atoms with E-state index in [1.807, 2.05) is 47.8 Å². The second kappa shape index (κ2) is 5.35. The highest BCUT2D eigenvalue weighted by Gasteiger charge is 2.16. The Morgan fingerprint density at radius 3 is 2.62 bits per heavy atom. The lowest BCUT2D eigenvalue weighted by atomic mass is 10.1. The molecule has 4 rings (SSSR count). The van der Waals surface area contributed by atoms with Crippen molar-refractivity contribution in [2.45, 2.75) is 13.5 Å². The van der Waals surface area contributed by atoms with Gasteiger partial charge in [-0.2, -0.15) is 0 Å². The molecule has 6 heteroatoms. The van der Waals surface area contributed by atoms with Crippen molar-refractivity contribution in [1.29, 1.82) is 0 Å². The smallest absolute Gasteiger partial charge is 0.365 e. The molecule has 2 heterocycles. The third kappa shape index (κ3) is 2.15. The SMILES string of the molecule is Cc1csc2c1c(=O)n(O)c(=O)n2Cc1ccc2ccccc2c1. The topological polar surface area (TPSA) is 64.2 Å². The van der Waals surface area contributed by atoms with Gasteiger partial charge >= 0.3 is 5.69 Å². The quantitative estimate of drug-likeness (QED) is 0.572. The average Bonchev–Trinajstić information content (AvgIpc) is 2.98. The van der Waals surface area contributed by atoms with E-state index in [1.54, 1.807) is 6.92 Å². The predicted octanol–water partition coefficient (Wildman–Crippen LogP) is 2.97. The summed E-state index contributed by atoms with van der Waals surface area (Å²) in [6.45, 7) is 2.09. The molecule has 0 saturated heterocycles. The first-order chi connectivity index (χ1) is 11.6. The molecule has 5 nitrogen and oxygen atoms in total. The van der Waals surface area contributed by atoms with E-state index in [0.29, 0.717) is 16.8 Å². The van der Waals surface area contributed by atoms with Crippen LogP contribution in [0.15, 0.2) is 57.4 Å². The minimum atomic E-state index is -0.720. The molecule has 0 aliphatic carbocycles. The van der Waals surface area contributed by atoms with Crippen LogP contribution in [0.1, 0.15) is 11.1 Å². The minimum Gasteiger partial charge on any atom is -0.421 e. The molecule has 2 aromatic carbocycles. The molecule has 24 heavy (non-hydrogen) atoms. The Bertz CT molecular complexity index is 1200. The van der Waals surface area contributed by atoms with Crippen LogP contribution in [-0.2, 0) is 6.54 Å². The van der Waals surface area contributed by atoms with Gasteiger partial charge in [0.15, 0.2) is 0 Å². The van der Waals surface area contributed by atoms with E-state index in [4.69, 9.17) is 0 Å². The van der Waals surface area contributed by atoms with Gasteiger partial charge in [0.05, 0.1) is 11.9 Å². The van der Waals surface area contributed by atoms with Crippen molar-refractivity contribution in [2.24, 2.45) is 0 Å². The fraction of sp³-hybridized carbons (Fsp3) is 0.111. The van der Waals surface area contributed by atoms with Crippen LogP contribution in [0, 0.1) is 6.92 Å². The third-order valence-electron chi connectivity index (χ3n) is 4.17. The summed E-state index contributed by atoms with van der Waals surface area (Å²) in [7, 11) is 0. The standard InChI is InChI=1S/C18H14N2O3S/c1-11-10-24-17-15(11)16(21)20(23)18(22)19(17)9-12-6-7-13-4-2-3-5-14(13)8-12/h2-8,10,23H,9H2,1H3.